The molecular formula is C22H23N5O4. The van der Waals surface area contributed by atoms with Gasteiger partial charge in [-0.1, -0.05) is 0 Å². The highest BCUT2D eigenvalue weighted by Gasteiger charge is 2.18. The summed E-state index contributed by atoms with van der Waals surface area (Å²) in [5, 5.41) is 0. The zero-order valence-electron chi connectivity index (χ0n) is 17.4. The molecule has 9 heteroatoms. The second-order valence-corrected chi connectivity index (χ2v) is 7.54. The molecule has 160 valence electrons. The van der Waals surface area contributed by atoms with E-state index in [0.29, 0.717) is 28.6 Å². The van der Waals surface area contributed by atoms with Crippen LogP contribution in [0.2, 0.25) is 0 Å². The number of ether oxygens (including phenoxy) is 2. The van der Waals surface area contributed by atoms with E-state index in [9.17, 15) is 9.59 Å². The van der Waals surface area contributed by atoms with Crippen molar-refractivity contribution in [3.05, 3.63) is 59.0 Å². The predicted octanol–water partition coefficient (Wildman–Crippen LogP) is 3.04. The number of rotatable bonds is 6. The van der Waals surface area contributed by atoms with Gasteiger partial charge in [-0.2, -0.15) is 0 Å². The minimum Gasteiger partial charge on any atom is -0.490 e. The highest BCUT2D eigenvalue weighted by Crippen LogP contribution is 2.33. The van der Waals surface area contributed by atoms with Crippen LogP contribution in [0.5, 0.6) is 17.2 Å². The van der Waals surface area contributed by atoms with Crippen molar-refractivity contribution in [3.8, 4) is 28.6 Å². The fourth-order valence-electron chi connectivity index (χ4n) is 3.37. The van der Waals surface area contributed by atoms with Crippen LogP contribution < -0.4 is 15.0 Å². The van der Waals surface area contributed by atoms with Crippen molar-refractivity contribution in [2.75, 3.05) is 14.1 Å². The van der Waals surface area contributed by atoms with E-state index < -0.39 is 0 Å². The van der Waals surface area contributed by atoms with Crippen molar-refractivity contribution < 1.29 is 14.3 Å². The Morgan fingerprint density at radius 1 is 1.03 bits per heavy atom. The number of hydrogen-bond donors (Lipinski definition) is 1. The van der Waals surface area contributed by atoms with Crippen LogP contribution in [0, 0.1) is 0 Å². The van der Waals surface area contributed by atoms with Gasteiger partial charge in [0, 0.05) is 38.0 Å². The molecule has 0 radical (unpaired) electrons. The van der Waals surface area contributed by atoms with Crippen LogP contribution in [0.1, 0.15) is 36.3 Å². The van der Waals surface area contributed by atoms with Crippen molar-refractivity contribution in [1.29, 1.82) is 0 Å². The van der Waals surface area contributed by atoms with Crippen LogP contribution in [0.4, 0.5) is 0 Å². The molecule has 0 unspecified atom stereocenters. The lowest BCUT2D eigenvalue weighted by Gasteiger charge is -2.16. The van der Waals surface area contributed by atoms with Gasteiger partial charge in [-0.3, -0.25) is 9.59 Å². The largest absolute Gasteiger partial charge is 0.490 e. The lowest BCUT2D eigenvalue weighted by atomic mass is 10.2. The second-order valence-electron chi connectivity index (χ2n) is 7.54. The van der Waals surface area contributed by atoms with Crippen molar-refractivity contribution in [2.24, 2.45) is 0 Å². The Kier molecular flexibility index (Phi) is 5.92. The number of benzene rings is 1. The molecular weight excluding hydrogens is 398 g/mol. The van der Waals surface area contributed by atoms with E-state index in [-0.39, 0.29) is 23.4 Å². The number of aromatic nitrogens is 4. The maximum atomic E-state index is 12.0. The molecule has 1 amide bonds. The van der Waals surface area contributed by atoms with Gasteiger partial charge in [0.15, 0.2) is 5.75 Å². The molecule has 4 rings (SSSR count). The van der Waals surface area contributed by atoms with Gasteiger partial charge in [0.05, 0.1) is 18.5 Å². The molecule has 1 aliphatic carbocycles. The molecule has 1 aliphatic rings. The van der Waals surface area contributed by atoms with Crippen LogP contribution in [-0.4, -0.2) is 50.9 Å². The molecule has 0 saturated heterocycles. The minimum absolute atomic E-state index is 0.0856. The zero-order chi connectivity index (χ0) is 21.8. The molecule has 9 nitrogen and oxygen atoms in total. The average Bonchev–Trinajstić information content (AvgIpc) is 3.26. The number of amides is 1. The summed E-state index contributed by atoms with van der Waals surface area (Å²) < 4.78 is 12.1. The molecule has 3 aromatic rings. The first kappa shape index (κ1) is 20.5. The standard InChI is InChI=1S/C22H23N5O4/c1-27(2)22(29)21-24-12-18(13-25-21)31-17-10-14(20-23-8-7-19(28)26-20)9-16(11-17)30-15-5-3-4-6-15/h7-13,15H,3-6H2,1-2H3,(H,23,26,28). The maximum absolute atomic E-state index is 12.0. The van der Waals surface area contributed by atoms with Crippen LogP contribution >= 0.6 is 0 Å². The number of nitrogens with one attached hydrogen (secondary N) is 1. The highest BCUT2D eigenvalue weighted by atomic mass is 16.5. The summed E-state index contributed by atoms with van der Waals surface area (Å²) in [6.07, 6.45) is 8.81. The Hall–Kier alpha value is -3.75. The first-order valence-electron chi connectivity index (χ1n) is 10.1. The van der Waals surface area contributed by atoms with Crippen molar-refractivity contribution in [2.45, 2.75) is 31.8 Å². The van der Waals surface area contributed by atoms with Crippen LogP contribution in [0.15, 0.2) is 47.7 Å². The first-order chi connectivity index (χ1) is 15.0. The lowest BCUT2D eigenvalue weighted by molar-refractivity contribution is 0.0815. The summed E-state index contributed by atoms with van der Waals surface area (Å²) in [6.45, 7) is 0. The smallest absolute Gasteiger partial charge is 0.291 e. The van der Waals surface area contributed by atoms with E-state index in [4.69, 9.17) is 9.47 Å². The summed E-state index contributed by atoms with van der Waals surface area (Å²) in [4.78, 5) is 40.2. The Morgan fingerprint density at radius 3 is 2.42 bits per heavy atom. The van der Waals surface area contributed by atoms with E-state index in [2.05, 4.69) is 19.9 Å². The number of carbonyl (C=O) groups excluding carboxylic acids is 1. The molecule has 0 atom stereocenters. The molecule has 1 fully saturated rings. The molecule has 0 bridgehead atoms. The van der Waals surface area contributed by atoms with Gasteiger partial charge in [-0.05, 0) is 37.8 Å². The molecule has 0 aliphatic heterocycles. The van der Waals surface area contributed by atoms with Crippen molar-refractivity contribution in [3.63, 3.8) is 0 Å². The van der Waals surface area contributed by atoms with Crippen LogP contribution in [0.3, 0.4) is 0 Å². The van der Waals surface area contributed by atoms with E-state index >= 15 is 0 Å². The summed E-state index contributed by atoms with van der Waals surface area (Å²) in [7, 11) is 3.27. The second kappa shape index (κ2) is 8.95. The summed E-state index contributed by atoms with van der Waals surface area (Å²) in [5.41, 5.74) is 0.410. The minimum atomic E-state index is -0.292. The normalized spacial score (nSPS) is 13.7. The number of aromatic amines is 1. The van der Waals surface area contributed by atoms with Gasteiger partial charge in [-0.15, -0.1) is 0 Å². The molecule has 0 spiro atoms. The van der Waals surface area contributed by atoms with Gasteiger partial charge in [0.2, 0.25) is 5.82 Å². The quantitative estimate of drug-likeness (QED) is 0.651. The van der Waals surface area contributed by atoms with Gasteiger partial charge >= 0.3 is 0 Å². The van der Waals surface area contributed by atoms with Gasteiger partial charge in [-0.25, -0.2) is 15.0 Å². The van der Waals surface area contributed by atoms with Gasteiger partial charge in [0.25, 0.3) is 11.5 Å². The van der Waals surface area contributed by atoms with Gasteiger partial charge in [0.1, 0.15) is 17.3 Å². The molecule has 2 heterocycles. The number of carbonyl (C=O) groups is 1. The fourth-order valence-corrected chi connectivity index (χ4v) is 3.37. The summed E-state index contributed by atoms with van der Waals surface area (Å²) >= 11 is 0. The SMILES string of the molecule is CN(C)C(=O)c1ncc(Oc2cc(OC3CCCC3)cc(-c3nccc(=O)[nH]3)c2)cn1. The first-order valence-corrected chi connectivity index (χ1v) is 10.1. The summed E-state index contributed by atoms with van der Waals surface area (Å²) in [5.74, 6) is 1.69. The monoisotopic (exact) mass is 421 g/mol. The summed E-state index contributed by atoms with van der Waals surface area (Å²) in [6, 6.07) is 6.72. The highest BCUT2D eigenvalue weighted by molar-refractivity contribution is 5.89. The predicted molar refractivity (Wildman–Crippen MR) is 113 cm³/mol. The Morgan fingerprint density at radius 2 is 1.74 bits per heavy atom. The zero-order valence-corrected chi connectivity index (χ0v) is 17.4. The van der Waals surface area contributed by atoms with E-state index in [1.54, 1.807) is 26.2 Å². The maximum Gasteiger partial charge on any atom is 0.291 e. The Bertz CT molecular complexity index is 1120. The molecule has 31 heavy (non-hydrogen) atoms. The Balaban J connectivity index is 1.63. The lowest BCUT2D eigenvalue weighted by Crippen LogP contribution is -2.23. The van der Waals surface area contributed by atoms with Crippen molar-refractivity contribution in [1.82, 2.24) is 24.8 Å². The molecule has 2 aromatic heterocycles. The third-order valence-corrected chi connectivity index (χ3v) is 4.89. The number of nitrogens with zero attached hydrogens (tertiary/aromatic N) is 4. The van der Waals surface area contributed by atoms with Gasteiger partial charge < -0.3 is 19.4 Å². The van der Waals surface area contributed by atoms with Crippen LogP contribution in [0.25, 0.3) is 11.4 Å². The Labute approximate surface area is 179 Å². The van der Waals surface area contributed by atoms with E-state index in [0.717, 1.165) is 25.7 Å². The number of H-pyrrole nitrogens is 1. The van der Waals surface area contributed by atoms with E-state index in [1.165, 1.54) is 29.6 Å². The van der Waals surface area contributed by atoms with E-state index in [1.807, 2.05) is 6.07 Å². The third kappa shape index (κ3) is 5.06. The number of hydrogen-bond acceptors (Lipinski definition) is 7. The third-order valence-electron chi connectivity index (χ3n) is 4.89. The molecule has 1 saturated carbocycles. The fraction of sp³-hybridized carbons (Fsp3) is 0.318. The van der Waals surface area contributed by atoms with Crippen LogP contribution in [-0.2, 0) is 0 Å². The molecule has 1 aromatic carbocycles. The van der Waals surface area contributed by atoms with Crippen molar-refractivity contribution >= 4 is 5.91 Å². The average molecular weight is 421 g/mol. The topological polar surface area (TPSA) is 110 Å². The molecule has 1 N–H and O–H groups in total.